The van der Waals surface area contributed by atoms with Crippen LogP contribution < -0.4 is 5.32 Å². The molecule has 2 aromatic carbocycles. The topological polar surface area (TPSA) is 105 Å². The molecule has 3 amide bonds. The van der Waals surface area contributed by atoms with Gasteiger partial charge in [-0.1, -0.05) is 6.07 Å². The van der Waals surface area contributed by atoms with Crippen LogP contribution >= 0.6 is 0 Å². The summed E-state index contributed by atoms with van der Waals surface area (Å²) >= 11 is 0. The van der Waals surface area contributed by atoms with Gasteiger partial charge in [0.15, 0.2) is 0 Å². The molecule has 2 heterocycles. The minimum absolute atomic E-state index is 0.122. The quantitative estimate of drug-likeness (QED) is 0.415. The number of nitro benzene ring substituents is 1. The first-order valence-corrected chi connectivity index (χ1v) is 8.72. The molecule has 1 unspecified atom stereocenters. The lowest BCUT2D eigenvalue weighted by Crippen LogP contribution is -2.40. The molecule has 0 aliphatic carbocycles. The van der Waals surface area contributed by atoms with Gasteiger partial charge in [0, 0.05) is 29.3 Å². The molecule has 1 aliphatic heterocycles. The van der Waals surface area contributed by atoms with Crippen LogP contribution in [0, 0.1) is 15.9 Å². The van der Waals surface area contributed by atoms with Crippen LogP contribution in [0.5, 0.6) is 0 Å². The zero-order valence-corrected chi connectivity index (χ0v) is 15.3. The lowest BCUT2D eigenvalue weighted by molar-refractivity contribution is -0.384. The van der Waals surface area contributed by atoms with Gasteiger partial charge in [-0.25, -0.2) is 9.18 Å². The summed E-state index contributed by atoms with van der Waals surface area (Å²) in [6.45, 7) is 1.37. The van der Waals surface area contributed by atoms with E-state index in [1.807, 2.05) is 0 Å². The Labute approximate surface area is 164 Å². The van der Waals surface area contributed by atoms with E-state index in [1.165, 1.54) is 43.3 Å². The maximum Gasteiger partial charge on any atom is 0.325 e. The Morgan fingerprint density at radius 3 is 2.62 bits per heavy atom. The number of nitro groups is 1. The van der Waals surface area contributed by atoms with E-state index in [9.17, 15) is 24.1 Å². The summed E-state index contributed by atoms with van der Waals surface area (Å²) in [5, 5.41) is 14.0. The van der Waals surface area contributed by atoms with Gasteiger partial charge in [0.25, 0.3) is 11.6 Å². The number of imide groups is 1. The second-order valence-corrected chi connectivity index (χ2v) is 6.89. The van der Waals surface area contributed by atoms with Crippen molar-refractivity contribution in [3.63, 3.8) is 0 Å². The van der Waals surface area contributed by atoms with E-state index in [-0.39, 0.29) is 12.2 Å². The van der Waals surface area contributed by atoms with Crippen molar-refractivity contribution in [2.45, 2.75) is 19.0 Å². The molecule has 8 nitrogen and oxygen atoms in total. The largest absolute Gasteiger partial charge is 0.325 e. The molecule has 1 fully saturated rings. The van der Waals surface area contributed by atoms with E-state index in [4.69, 9.17) is 0 Å². The summed E-state index contributed by atoms with van der Waals surface area (Å²) in [6.07, 6.45) is 1.55. The van der Waals surface area contributed by atoms with Gasteiger partial charge in [0.05, 0.1) is 17.0 Å². The van der Waals surface area contributed by atoms with Gasteiger partial charge < -0.3 is 5.32 Å². The summed E-state index contributed by atoms with van der Waals surface area (Å²) in [7, 11) is 0. The maximum absolute atomic E-state index is 14.0. The first kappa shape index (κ1) is 18.5. The Hall–Kier alpha value is -3.88. The molecule has 1 aromatic heterocycles. The summed E-state index contributed by atoms with van der Waals surface area (Å²) in [5.41, 5.74) is -0.201. The third-order valence-corrected chi connectivity index (χ3v) is 5.01. The van der Waals surface area contributed by atoms with Crippen LogP contribution in [-0.2, 0) is 16.9 Å². The number of rotatable bonds is 4. The molecule has 4 rings (SSSR count). The zero-order valence-electron chi connectivity index (χ0n) is 15.3. The number of hydrogen-bond donors (Lipinski definition) is 1. The fraction of sp³-hybridized carbons (Fsp3) is 0.150. The molecule has 0 saturated carbocycles. The van der Waals surface area contributed by atoms with Crippen LogP contribution in [0.4, 0.5) is 14.9 Å². The van der Waals surface area contributed by atoms with Gasteiger partial charge in [-0.3, -0.25) is 24.8 Å². The van der Waals surface area contributed by atoms with Gasteiger partial charge in [0.1, 0.15) is 11.4 Å². The highest BCUT2D eigenvalue weighted by Crippen LogP contribution is 2.31. The third-order valence-electron chi connectivity index (χ3n) is 5.01. The second-order valence-electron chi connectivity index (χ2n) is 6.89. The van der Waals surface area contributed by atoms with Crippen LogP contribution in [0.2, 0.25) is 0 Å². The number of nitrogens with one attached hydrogen (secondary N) is 1. The lowest BCUT2D eigenvalue weighted by Gasteiger charge is -2.22. The van der Waals surface area contributed by atoms with E-state index in [0.29, 0.717) is 22.0 Å². The van der Waals surface area contributed by atoms with Crippen molar-refractivity contribution in [1.82, 2.24) is 15.2 Å². The first-order valence-electron chi connectivity index (χ1n) is 8.72. The number of nitrogens with zero attached hydrogens (tertiary/aromatic N) is 3. The fourth-order valence-corrected chi connectivity index (χ4v) is 3.47. The average molecular weight is 394 g/mol. The molecule has 0 spiro atoms. The number of carbonyl (C=O) groups excluding carboxylic acids is 2. The molecule has 0 radical (unpaired) electrons. The molecule has 146 valence electrons. The smallest absolute Gasteiger partial charge is 0.319 e. The van der Waals surface area contributed by atoms with Crippen molar-refractivity contribution in [3.05, 3.63) is 81.8 Å². The molecule has 29 heavy (non-hydrogen) atoms. The molecule has 1 N–H and O–H groups in total. The summed E-state index contributed by atoms with van der Waals surface area (Å²) in [5.74, 6) is -1.03. The van der Waals surface area contributed by atoms with Crippen molar-refractivity contribution in [3.8, 4) is 0 Å². The maximum atomic E-state index is 14.0. The van der Waals surface area contributed by atoms with E-state index < -0.39 is 28.2 Å². The van der Waals surface area contributed by atoms with Gasteiger partial charge in [-0.15, -0.1) is 0 Å². The standard InChI is InChI=1S/C20H15FN4O4/c1-20(14-4-6-16(7-5-14)25(28)29)18(26)24(19(27)23-20)11-13-10-15(21)9-12-3-2-8-22-17(12)13/h2-10H,11H2,1H3,(H,23,27). The summed E-state index contributed by atoms with van der Waals surface area (Å²) in [4.78, 5) is 41.1. The van der Waals surface area contributed by atoms with E-state index in [0.717, 1.165) is 4.90 Å². The Kier molecular flexibility index (Phi) is 4.22. The predicted molar refractivity (Wildman–Crippen MR) is 101 cm³/mol. The lowest BCUT2D eigenvalue weighted by atomic mass is 9.92. The number of non-ortho nitro benzene ring substituents is 1. The number of urea groups is 1. The Bertz CT molecular complexity index is 1160. The number of hydrogen-bond acceptors (Lipinski definition) is 5. The van der Waals surface area contributed by atoms with E-state index >= 15 is 0 Å². The number of benzene rings is 2. The van der Waals surface area contributed by atoms with Crippen LogP contribution in [-0.4, -0.2) is 26.7 Å². The van der Waals surface area contributed by atoms with Crippen LogP contribution in [0.3, 0.4) is 0 Å². The van der Waals surface area contributed by atoms with E-state index in [2.05, 4.69) is 10.3 Å². The SMILES string of the molecule is CC1(c2ccc([N+](=O)[O-])cc2)NC(=O)N(Cc2cc(F)cc3cccnc23)C1=O. The summed E-state index contributed by atoms with van der Waals surface area (Å²) in [6, 6.07) is 10.7. The van der Waals surface area contributed by atoms with Crippen LogP contribution in [0.25, 0.3) is 10.9 Å². The van der Waals surface area contributed by atoms with Crippen LogP contribution in [0.1, 0.15) is 18.1 Å². The number of aromatic nitrogens is 1. The number of pyridine rings is 1. The number of amides is 3. The number of fused-ring (bicyclic) bond motifs is 1. The van der Waals surface area contributed by atoms with Gasteiger partial charge in [0.2, 0.25) is 0 Å². The second kappa shape index (κ2) is 6.62. The fourth-order valence-electron chi connectivity index (χ4n) is 3.47. The van der Waals surface area contributed by atoms with Gasteiger partial charge in [-0.2, -0.15) is 0 Å². The van der Waals surface area contributed by atoms with Crippen molar-refractivity contribution in [1.29, 1.82) is 0 Å². The van der Waals surface area contributed by atoms with Gasteiger partial charge in [-0.05, 0) is 42.8 Å². The Balaban J connectivity index is 1.68. The molecule has 3 aromatic rings. The number of carbonyl (C=O) groups is 2. The Morgan fingerprint density at radius 2 is 1.93 bits per heavy atom. The molecule has 1 saturated heterocycles. The van der Waals surface area contributed by atoms with Crippen molar-refractivity contribution >= 4 is 28.5 Å². The van der Waals surface area contributed by atoms with Gasteiger partial charge >= 0.3 is 6.03 Å². The zero-order chi connectivity index (χ0) is 20.8. The first-order chi connectivity index (χ1) is 13.8. The minimum atomic E-state index is -1.39. The highest BCUT2D eigenvalue weighted by Gasteiger charge is 2.49. The van der Waals surface area contributed by atoms with Crippen molar-refractivity contribution in [2.75, 3.05) is 0 Å². The minimum Gasteiger partial charge on any atom is -0.319 e. The van der Waals surface area contributed by atoms with Crippen molar-refractivity contribution < 1.29 is 18.9 Å². The summed E-state index contributed by atoms with van der Waals surface area (Å²) < 4.78 is 14.0. The highest BCUT2D eigenvalue weighted by atomic mass is 19.1. The molecular weight excluding hydrogens is 379 g/mol. The molecule has 1 aliphatic rings. The number of halogens is 1. The highest BCUT2D eigenvalue weighted by molar-refractivity contribution is 6.07. The third kappa shape index (κ3) is 3.06. The molecule has 0 bridgehead atoms. The van der Waals surface area contributed by atoms with E-state index in [1.54, 1.807) is 18.3 Å². The molecule has 1 atom stereocenters. The Morgan fingerprint density at radius 1 is 1.21 bits per heavy atom. The molecule has 9 heteroatoms. The van der Waals surface area contributed by atoms with Crippen LogP contribution in [0.15, 0.2) is 54.7 Å². The normalized spacial score (nSPS) is 18.9. The predicted octanol–water partition coefficient (Wildman–Crippen LogP) is 3.25. The monoisotopic (exact) mass is 394 g/mol. The molecular formula is C20H15FN4O4. The average Bonchev–Trinajstić information content (AvgIpc) is 2.92. The van der Waals surface area contributed by atoms with Crippen molar-refractivity contribution in [2.24, 2.45) is 0 Å².